The number of rotatable bonds is 11. The minimum atomic E-state index is -2.31. The molecule has 7 nitrogen and oxygen atoms in total. The van der Waals surface area contributed by atoms with Crippen molar-refractivity contribution in [1.29, 1.82) is 5.26 Å². The Kier molecular flexibility index (Phi) is 13.7. The van der Waals surface area contributed by atoms with E-state index in [2.05, 4.69) is 6.07 Å². The molecular weight excluding hydrogens is 1170 g/mol. The van der Waals surface area contributed by atoms with Crippen LogP contribution in [0.3, 0.4) is 0 Å². The SMILES string of the molecule is N#Cc1cc(-n2c3ccc(-c4cccc(-c5ccccc5)n4)cc3c3cc(-c4cccc(-c5ccccc5)n4)ccc32)c(-c2c(F)c(F)c(F)c(F)c2F)cc1-n1c2ccc(-c3cccc(-c4ccccc4)n3)cc2c2cc(-c3cccc(-c4ccccc4)n3)ccc21. The summed E-state index contributed by atoms with van der Waals surface area (Å²) in [5, 5.41) is 14.4. The molecule has 0 aliphatic heterocycles. The fourth-order valence-corrected chi connectivity index (χ4v) is 12.7. The third kappa shape index (κ3) is 9.74. The predicted octanol–water partition coefficient (Wildman–Crippen LogP) is 21.0. The van der Waals surface area contributed by atoms with E-state index in [4.69, 9.17) is 19.9 Å². The van der Waals surface area contributed by atoms with Gasteiger partial charge in [0.25, 0.3) is 0 Å². The third-order valence-corrected chi connectivity index (χ3v) is 17.2. The van der Waals surface area contributed by atoms with E-state index in [-0.39, 0.29) is 22.5 Å². The maximum absolute atomic E-state index is 17.1. The minimum absolute atomic E-state index is 0.0196. The highest BCUT2D eigenvalue weighted by atomic mass is 19.2. The smallest absolute Gasteiger partial charge is 0.200 e. The topological polar surface area (TPSA) is 85.2 Å². The Hall–Kier alpha value is -12.5. The molecule has 0 unspecified atom stereocenters. The van der Waals surface area contributed by atoms with Crippen molar-refractivity contribution >= 4 is 43.6 Å². The highest BCUT2D eigenvalue weighted by Crippen LogP contribution is 2.46. The van der Waals surface area contributed by atoms with Crippen LogP contribution >= 0.6 is 0 Å². The zero-order valence-electron chi connectivity index (χ0n) is 49.1. The van der Waals surface area contributed by atoms with Crippen LogP contribution in [-0.4, -0.2) is 29.1 Å². The summed E-state index contributed by atoms with van der Waals surface area (Å²) in [7, 11) is 0. The lowest BCUT2D eigenvalue weighted by Gasteiger charge is -2.20. The fourth-order valence-electron chi connectivity index (χ4n) is 12.7. The monoisotopic (exact) mass is 1210 g/mol. The highest BCUT2D eigenvalue weighted by Gasteiger charge is 2.31. The summed E-state index contributed by atoms with van der Waals surface area (Å²) >= 11 is 0. The van der Waals surface area contributed by atoms with Crippen LogP contribution in [0, 0.1) is 40.4 Å². The molecule has 0 radical (unpaired) electrons. The van der Waals surface area contributed by atoms with E-state index in [9.17, 15) is 5.26 Å². The number of aromatic nitrogens is 6. The molecule has 0 aliphatic rings. The first-order valence-electron chi connectivity index (χ1n) is 30.0. The molecule has 440 valence electrons. The molecule has 6 heterocycles. The lowest BCUT2D eigenvalue weighted by atomic mass is 9.97. The lowest BCUT2D eigenvalue weighted by molar-refractivity contribution is 0.381. The lowest BCUT2D eigenvalue weighted by Crippen LogP contribution is -2.08. The van der Waals surface area contributed by atoms with Gasteiger partial charge in [0.1, 0.15) is 6.07 Å². The number of pyridine rings is 4. The molecule has 0 spiro atoms. The number of fused-ring (bicyclic) bond motifs is 6. The molecule has 0 atom stereocenters. The van der Waals surface area contributed by atoms with Gasteiger partial charge in [0.05, 0.1) is 90.1 Å². The standard InChI is InChI=1S/C81H46F5N7/c82-77-76(78(83)80(85)81(86)79(77)84)61-46-74(92-70-37-33-52(66-29-13-25-62(88-66)48-17-5-1-6-18-48)41-57(70)58-42-53(34-38-71(58)92)67-30-14-26-63(89-67)49-19-7-2-8-20-49)56(47-87)45-75(61)93-72-39-35-54(68-31-15-27-64(90-68)50-21-9-3-10-22-50)43-59(72)60-44-55(36-40-73(60)93)69-32-16-28-65(91-69)51-23-11-4-12-24-51/h1-46H. The van der Waals surface area contributed by atoms with Gasteiger partial charge >= 0.3 is 0 Å². The second-order valence-corrected chi connectivity index (χ2v) is 22.6. The van der Waals surface area contributed by atoms with Crippen LogP contribution in [0.5, 0.6) is 0 Å². The number of nitrogens with zero attached hydrogens (tertiary/aromatic N) is 7. The van der Waals surface area contributed by atoms with E-state index in [0.717, 1.165) is 67.3 Å². The molecule has 10 aromatic carbocycles. The van der Waals surface area contributed by atoms with Gasteiger partial charge < -0.3 is 9.13 Å². The van der Waals surface area contributed by atoms with E-state index in [1.54, 1.807) is 9.13 Å². The Balaban J connectivity index is 0.954. The van der Waals surface area contributed by atoms with Crippen LogP contribution in [0.4, 0.5) is 22.0 Å². The average Bonchev–Trinajstić information content (AvgIpc) is 1.58. The van der Waals surface area contributed by atoms with Gasteiger partial charge in [0, 0.05) is 71.6 Å². The zero-order chi connectivity index (χ0) is 62.8. The molecule has 0 amide bonds. The van der Waals surface area contributed by atoms with E-state index in [0.29, 0.717) is 66.4 Å². The largest absolute Gasteiger partial charge is 0.309 e. The van der Waals surface area contributed by atoms with Crippen LogP contribution in [0.25, 0.3) is 156 Å². The van der Waals surface area contributed by atoms with Crippen LogP contribution in [-0.2, 0) is 0 Å². The Bertz CT molecular complexity index is 5400. The highest BCUT2D eigenvalue weighted by molar-refractivity contribution is 6.14. The van der Waals surface area contributed by atoms with Gasteiger partial charge in [-0.15, -0.1) is 0 Å². The average molecular weight is 1210 g/mol. The minimum Gasteiger partial charge on any atom is -0.309 e. The second-order valence-electron chi connectivity index (χ2n) is 22.6. The summed E-state index contributed by atoms with van der Waals surface area (Å²) in [6.07, 6.45) is 0. The van der Waals surface area contributed by atoms with Gasteiger partial charge in [0.15, 0.2) is 23.3 Å². The number of halogens is 5. The van der Waals surface area contributed by atoms with Gasteiger partial charge in [-0.25, -0.2) is 41.9 Å². The summed E-state index contributed by atoms with van der Waals surface area (Å²) in [5.74, 6) is -10.7. The van der Waals surface area contributed by atoms with Crippen LogP contribution in [0.15, 0.2) is 279 Å². The van der Waals surface area contributed by atoms with Gasteiger partial charge in [-0.1, -0.05) is 170 Å². The first kappa shape index (κ1) is 55.8. The van der Waals surface area contributed by atoms with E-state index in [1.807, 2.05) is 267 Å². The molecule has 6 aromatic heterocycles. The molecule has 0 saturated heterocycles. The van der Waals surface area contributed by atoms with Crippen LogP contribution < -0.4 is 0 Å². The maximum Gasteiger partial charge on any atom is 0.200 e. The van der Waals surface area contributed by atoms with E-state index < -0.39 is 34.6 Å². The van der Waals surface area contributed by atoms with Gasteiger partial charge in [0.2, 0.25) is 5.82 Å². The van der Waals surface area contributed by atoms with E-state index >= 15 is 22.0 Å². The number of hydrogen-bond acceptors (Lipinski definition) is 5. The molecule has 93 heavy (non-hydrogen) atoms. The fraction of sp³-hybridized carbons (Fsp3) is 0. The number of nitriles is 1. The summed E-state index contributed by atoms with van der Waals surface area (Å²) < 4.78 is 85.3. The number of hydrogen-bond donors (Lipinski definition) is 0. The summed E-state index contributed by atoms with van der Waals surface area (Å²) in [4.78, 5) is 20.4. The Morgan fingerprint density at radius 2 is 0.527 bits per heavy atom. The molecular formula is C81H46F5N7. The normalized spacial score (nSPS) is 11.5. The van der Waals surface area contributed by atoms with Crippen molar-refractivity contribution < 1.29 is 22.0 Å². The molecule has 16 aromatic rings. The molecule has 0 fully saturated rings. The predicted molar refractivity (Wildman–Crippen MR) is 360 cm³/mol. The molecule has 0 saturated carbocycles. The van der Waals surface area contributed by atoms with Crippen LogP contribution in [0.1, 0.15) is 5.56 Å². The first-order valence-corrected chi connectivity index (χ1v) is 30.0. The van der Waals surface area contributed by atoms with Crippen molar-refractivity contribution in [3.63, 3.8) is 0 Å². The maximum atomic E-state index is 17.1. The van der Waals surface area contributed by atoms with Crippen molar-refractivity contribution in [2.45, 2.75) is 0 Å². The summed E-state index contributed by atoms with van der Waals surface area (Å²) in [6, 6.07) is 90.7. The quantitative estimate of drug-likeness (QED) is 0.0732. The Labute approximate surface area is 529 Å². The van der Waals surface area contributed by atoms with Crippen LogP contribution in [0.2, 0.25) is 0 Å². The van der Waals surface area contributed by atoms with Gasteiger partial charge in [-0.05, 0) is 109 Å². The molecule has 16 rings (SSSR count). The van der Waals surface area contributed by atoms with E-state index in [1.165, 1.54) is 12.1 Å². The molecule has 12 heteroatoms. The number of benzene rings is 10. The third-order valence-electron chi connectivity index (χ3n) is 17.2. The Morgan fingerprint density at radius 1 is 0.258 bits per heavy atom. The Morgan fingerprint density at radius 3 is 0.817 bits per heavy atom. The summed E-state index contributed by atoms with van der Waals surface area (Å²) in [6.45, 7) is 0. The molecule has 0 N–H and O–H groups in total. The summed E-state index contributed by atoms with van der Waals surface area (Å²) in [5.41, 5.74) is 13.1. The van der Waals surface area contributed by atoms with Crippen molar-refractivity contribution in [2.75, 3.05) is 0 Å². The van der Waals surface area contributed by atoms with Gasteiger partial charge in [-0.3, -0.25) is 0 Å². The van der Waals surface area contributed by atoms with Crippen molar-refractivity contribution in [3.8, 4) is 119 Å². The first-order chi connectivity index (χ1) is 45.6. The molecule has 0 bridgehead atoms. The second kappa shape index (κ2) is 22.8. The van der Waals surface area contributed by atoms with Gasteiger partial charge in [-0.2, -0.15) is 5.26 Å². The van der Waals surface area contributed by atoms with Crippen molar-refractivity contribution in [2.24, 2.45) is 0 Å². The van der Waals surface area contributed by atoms with Crippen molar-refractivity contribution in [1.82, 2.24) is 29.1 Å². The molecule has 0 aliphatic carbocycles. The zero-order valence-corrected chi connectivity index (χ0v) is 49.1. The van der Waals surface area contributed by atoms with Crippen molar-refractivity contribution in [3.05, 3.63) is 314 Å².